The molecule has 4 unspecified atom stereocenters. The summed E-state index contributed by atoms with van der Waals surface area (Å²) in [7, 11) is 0. The van der Waals surface area contributed by atoms with Crippen molar-refractivity contribution in [2.45, 2.75) is 38.5 Å². The van der Waals surface area contributed by atoms with Crippen molar-refractivity contribution in [3.8, 4) is 0 Å². The van der Waals surface area contributed by atoms with E-state index in [-0.39, 0.29) is 35.5 Å². The molecule has 4 atom stereocenters. The van der Waals surface area contributed by atoms with Crippen LogP contribution in [0.4, 0.5) is 5.69 Å². The Bertz CT molecular complexity index is 1240. The first-order chi connectivity index (χ1) is 15.0. The monoisotopic (exact) mass is 407 g/mol. The summed E-state index contributed by atoms with van der Waals surface area (Å²) in [6, 6.07) is 22.8. The Balaban J connectivity index is 1.56. The van der Waals surface area contributed by atoms with Crippen LogP contribution in [0.15, 0.2) is 66.7 Å². The number of amides is 2. The summed E-state index contributed by atoms with van der Waals surface area (Å²) in [6.45, 7) is 6.41. The highest BCUT2D eigenvalue weighted by Gasteiger charge is 2.61. The third-order valence-electron chi connectivity index (χ3n) is 7.52. The highest BCUT2D eigenvalue weighted by atomic mass is 16.2. The molecule has 3 aliphatic carbocycles. The quantitative estimate of drug-likeness (QED) is 0.525. The zero-order valence-electron chi connectivity index (χ0n) is 18.0. The van der Waals surface area contributed by atoms with Crippen LogP contribution in [-0.4, -0.2) is 11.8 Å². The number of rotatable bonds is 2. The molecule has 3 nitrogen and oxygen atoms in total. The van der Waals surface area contributed by atoms with E-state index in [1.807, 2.05) is 31.2 Å². The lowest BCUT2D eigenvalue weighted by atomic mass is 9.54. The van der Waals surface area contributed by atoms with Crippen LogP contribution in [0.3, 0.4) is 0 Å². The molecule has 3 aromatic rings. The normalized spacial score (nSPS) is 25.6. The number of aryl methyl sites for hydroxylation is 1. The third-order valence-corrected chi connectivity index (χ3v) is 7.52. The highest BCUT2D eigenvalue weighted by molar-refractivity contribution is 6.23. The van der Waals surface area contributed by atoms with Gasteiger partial charge in [0.15, 0.2) is 0 Å². The number of anilines is 1. The van der Waals surface area contributed by atoms with Crippen LogP contribution in [0.25, 0.3) is 0 Å². The number of hydrogen-bond acceptors (Lipinski definition) is 2. The topological polar surface area (TPSA) is 37.4 Å². The minimum atomic E-state index is -0.330. The predicted octanol–water partition coefficient (Wildman–Crippen LogP) is 5.52. The number of carbonyl (C=O) groups excluding carboxylic acids is 2. The van der Waals surface area contributed by atoms with Gasteiger partial charge >= 0.3 is 0 Å². The Morgan fingerprint density at radius 2 is 1.26 bits per heavy atom. The van der Waals surface area contributed by atoms with E-state index < -0.39 is 0 Å². The van der Waals surface area contributed by atoms with E-state index in [2.05, 4.69) is 56.3 Å². The minimum absolute atomic E-state index is 0.0519. The fraction of sp³-hybridized carbons (Fsp3) is 0.286. The van der Waals surface area contributed by atoms with E-state index in [4.69, 9.17) is 0 Å². The van der Waals surface area contributed by atoms with Gasteiger partial charge in [-0.05, 0) is 52.8 Å². The zero-order chi connectivity index (χ0) is 21.4. The van der Waals surface area contributed by atoms with Crippen LogP contribution in [0.5, 0.6) is 0 Å². The Hall–Kier alpha value is -3.20. The van der Waals surface area contributed by atoms with Crippen LogP contribution in [0.2, 0.25) is 0 Å². The van der Waals surface area contributed by atoms with Crippen molar-refractivity contribution in [2.24, 2.45) is 11.8 Å². The van der Waals surface area contributed by atoms with E-state index in [0.717, 1.165) is 5.56 Å². The van der Waals surface area contributed by atoms with Gasteiger partial charge in [-0.1, -0.05) is 74.0 Å². The average molecular weight is 408 g/mol. The SMILES string of the molecule is Cc1ccc(N2C(=O)C3C4c5ccccc5C(c5cc(C(C)C)ccc54)C3C2=O)cc1. The van der Waals surface area contributed by atoms with Crippen LogP contribution in [0.1, 0.15) is 65.0 Å². The Kier molecular flexibility index (Phi) is 3.83. The molecule has 0 aromatic heterocycles. The van der Waals surface area contributed by atoms with Crippen LogP contribution in [-0.2, 0) is 9.59 Å². The Morgan fingerprint density at radius 3 is 1.84 bits per heavy atom. The lowest BCUT2D eigenvalue weighted by Crippen LogP contribution is -2.41. The van der Waals surface area contributed by atoms with Crippen LogP contribution in [0, 0.1) is 18.8 Å². The summed E-state index contributed by atoms with van der Waals surface area (Å²) in [5, 5.41) is 0. The lowest BCUT2D eigenvalue weighted by molar-refractivity contribution is -0.122. The molecule has 1 saturated heterocycles. The average Bonchev–Trinajstić information content (AvgIpc) is 3.05. The first kappa shape index (κ1) is 18.6. The van der Waals surface area contributed by atoms with Crippen molar-refractivity contribution in [3.05, 3.63) is 100 Å². The van der Waals surface area contributed by atoms with Crippen molar-refractivity contribution in [1.82, 2.24) is 0 Å². The van der Waals surface area contributed by atoms with Gasteiger partial charge in [0.2, 0.25) is 11.8 Å². The van der Waals surface area contributed by atoms with Gasteiger partial charge < -0.3 is 0 Å². The van der Waals surface area contributed by atoms with Gasteiger partial charge in [0.05, 0.1) is 17.5 Å². The van der Waals surface area contributed by atoms with Crippen molar-refractivity contribution in [3.63, 3.8) is 0 Å². The van der Waals surface area contributed by atoms with Crippen molar-refractivity contribution in [1.29, 1.82) is 0 Å². The van der Waals surface area contributed by atoms with Gasteiger partial charge in [0.1, 0.15) is 0 Å². The molecule has 2 amide bonds. The number of hydrogen-bond donors (Lipinski definition) is 0. The maximum Gasteiger partial charge on any atom is 0.238 e. The zero-order valence-corrected chi connectivity index (χ0v) is 18.0. The first-order valence-electron chi connectivity index (χ1n) is 11.1. The molecule has 4 aliphatic rings. The van der Waals surface area contributed by atoms with Gasteiger partial charge in [-0.2, -0.15) is 0 Å². The van der Waals surface area contributed by atoms with Gasteiger partial charge in [-0.15, -0.1) is 0 Å². The molecule has 154 valence electrons. The first-order valence-corrected chi connectivity index (χ1v) is 11.1. The molecule has 31 heavy (non-hydrogen) atoms. The van der Waals surface area contributed by atoms with E-state index in [1.165, 1.54) is 32.7 Å². The Morgan fingerprint density at radius 1 is 0.710 bits per heavy atom. The number of benzene rings is 3. The third kappa shape index (κ3) is 2.40. The Labute approximate surface area is 182 Å². The smallest absolute Gasteiger partial charge is 0.238 e. The summed E-state index contributed by atoms with van der Waals surface area (Å²) in [6.07, 6.45) is 0. The predicted molar refractivity (Wildman–Crippen MR) is 121 cm³/mol. The largest absolute Gasteiger partial charge is 0.274 e. The molecule has 0 saturated carbocycles. The summed E-state index contributed by atoms with van der Waals surface area (Å²) in [5.41, 5.74) is 7.98. The van der Waals surface area contributed by atoms with Crippen molar-refractivity contribution in [2.75, 3.05) is 4.90 Å². The van der Waals surface area contributed by atoms with E-state index in [0.29, 0.717) is 11.6 Å². The summed E-state index contributed by atoms with van der Waals surface area (Å²) in [5.74, 6) is -0.469. The second kappa shape index (κ2) is 6.40. The molecule has 0 N–H and O–H groups in total. The molecule has 1 fully saturated rings. The van der Waals surface area contributed by atoms with Gasteiger partial charge in [-0.25, -0.2) is 4.90 Å². The van der Waals surface area contributed by atoms with Crippen molar-refractivity contribution >= 4 is 17.5 Å². The molecular formula is C28H25NO2. The molecule has 3 heteroatoms. The lowest BCUT2D eigenvalue weighted by Gasteiger charge is -2.46. The number of imide groups is 1. The molecule has 2 bridgehead atoms. The van der Waals surface area contributed by atoms with Crippen LogP contribution < -0.4 is 4.90 Å². The maximum absolute atomic E-state index is 13.8. The molecule has 1 heterocycles. The molecule has 7 rings (SSSR count). The highest BCUT2D eigenvalue weighted by Crippen LogP contribution is 2.61. The summed E-state index contributed by atoms with van der Waals surface area (Å²) >= 11 is 0. The van der Waals surface area contributed by atoms with E-state index >= 15 is 0 Å². The van der Waals surface area contributed by atoms with Gasteiger partial charge in [0, 0.05) is 11.8 Å². The fourth-order valence-corrected chi connectivity index (χ4v) is 6.05. The molecule has 0 spiro atoms. The fourth-order valence-electron chi connectivity index (χ4n) is 6.05. The second-order valence-corrected chi connectivity index (χ2v) is 9.53. The molecule has 3 aromatic carbocycles. The summed E-state index contributed by atoms with van der Waals surface area (Å²) in [4.78, 5) is 28.9. The molecular weight excluding hydrogens is 382 g/mol. The van der Waals surface area contributed by atoms with Crippen molar-refractivity contribution < 1.29 is 9.59 Å². The minimum Gasteiger partial charge on any atom is -0.274 e. The second-order valence-electron chi connectivity index (χ2n) is 9.53. The maximum atomic E-state index is 13.8. The number of carbonyl (C=O) groups is 2. The van der Waals surface area contributed by atoms with E-state index in [9.17, 15) is 9.59 Å². The summed E-state index contributed by atoms with van der Waals surface area (Å²) < 4.78 is 0. The standard InChI is InChI=1S/C28H25NO2/c1-15(2)17-10-13-21-22(14-17)24-20-7-5-4-6-19(20)23(21)25-26(24)28(31)29(27(25)30)18-11-8-16(3)9-12-18/h4-15,23-26H,1-3H3. The van der Waals surface area contributed by atoms with Gasteiger partial charge in [0.25, 0.3) is 0 Å². The van der Waals surface area contributed by atoms with E-state index in [1.54, 1.807) is 0 Å². The van der Waals surface area contributed by atoms with Gasteiger partial charge in [-0.3, -0.25) is 9.59 Å². The molecule has 1 aliphatic heterocycles. The number of nitrogens with zero attached hydrogens (tertiary/aromatic N) is 1. The van der Waals surface area contributed by atoms with Crippen LogP contribution >= 0.6 is 0 Å². The molecule has 0 radical (unpaired) electrons.